The van der Waals surface area contributed by atoms with E-state index >= 15 is 0 Å². The Morgan fingerprint density at radius 2 is 2.06 bits per heavy atom. The maximum Gasteiger partial charge on any atom is 0.140 e. The van der Waals surface area contributed by atoms with E-state index < -0.39 is 0 Å². The first kappa shape index (κ1) is 12.1. The fourth-order valence-electron chi connectivity index (χ4n) is 1.56. The molecule has 0 atom stereocenters. The quantitative estimate of drug-likeness (QED) is 0.886. The number of aliphatic hydroxyl groups excluding tert-OH is 1. The summed E-state index contributed by atoms with van der Waals surface area (Å²) < 4.78 is 5.62. The second-order valence-corrected chi connectivity index (χ2v) is 4.76. The zero-order chi connectivity index (χ0) is 12.1. The largest absolute Gasteiger partial charge is 0.486 e. The first-order chi connectivity index (χ1) is 8.33. The highest BCUT2D eigenvalue weighted by atomic mass is 32.1. The van der Waals surface area contributed by atoms with Crippen LogP contribution < -0.4 is 4.74 Å². The monoisotopic (exact) mass is 249 g/mol. The summed E-state index contributed by atoms with van der Waals surface area (Å²) in [7, 11) is 0. The van der Waals surface area contributed by atoms with Crippen molar-refractivity contribution in [3.8, 4) is 5.75 Å². The summed E-state index contributed by atoms with van der Waals surface area (Å²) in [5.41, 5.74) is 0.976. The lowest BCUT2D eigenvalue weighted by Gasteiger charge is -2.02. The van der Waals surface area contributed by atoms with Crippen molar-refractivity contribution in [3.63, 3.8) is 0 Å². The molecule has 0 spiro atoms. The van der Waals surface area contributed by atoms with Crippen LogP contribution in [0.3, 0.4) is 0 Å². The SMILES string of the molecule is CCc1nc(COc2ccccc2)sc1CO. The van der Waals surface area contributed by atoms with Crippen molar-refractivity contribution < 1.29 is 9.84 Å². The summed E-state index contributed by atoms with van der Waals surface area (Å²) in [5.74, 6) is 0.839. The maximum atomic E-state index is 9.18. The van der Waals surface area contributed by atoms with E-state index in [-0.39, 0.29) is 6.61 Å². The van der Waals surface area contributed by atoms with E-state index in [1.165, 1.54) is 11.3 Å². The lowest BCUT2D eigenvalue weighted by atomic mass is 10.3. The maximum absolute atomic E-state index is 9.18. The standard InChI is InChI=1S/C13H15NO2S/c1-2-11-12(8-15)17-13(14-11)9-16-10-6-4-3-5-7-10/h3-7,15H,2,8-9H2,1H3. The Labute approximate surface area is 105 Å². The van der Waals surface area contributed by atoms with Gasteiger partial charge in [-0.05, 0) is 18.6 Å². The Balaban J connectivity index is 2.02. The molecule has 2 rings (SSSR count). The lowest BCUT2D eigenvalue weighted by molar-refractivity contribution is 0.284. The fraction of sp³-hybridized carbons (Fsp3) is 0.308. The number of aromatic nitrogens is 1. The molecule has 4 heteroatoms. The minimum Gasteiger partial charge on any atom is -0.486 e. The van der Waals surface area contributed by atoms with Gasteiger partial charge in [0.2, 0.25) is 0 Å². The van der Waals surface area contributed by atoms with Gasteiger partial charge in [0.1, 0.15) is 17.4 Å². The molecule has 0 unspecified atom stereocenters. The topological polar surface area (TPSA) is 42.4 Å². The average Bonchev–Trinajstić information content (AvgIpc) is 2.80. The molecule has 0 aliphatic rings. The zero-order valence-electron chi connectivity index (χ0n) is 9.72. The van der Waals surface area contributed by atoms with Gasteiger partial charge >= 0.3 is 0 Å². The minimum absolute atomic E-state index is 0.0617. The van der Waals surface area contributed by atoms with Crippen molar-refractivity contribution in [2.45, 2.75) is 26.6 Å². The number of hydrogen-bond donors (Lipinski definition) is 1. The van der Waals surface area contributed by atoms with Gasteiger partial charge in [-0.25, -0.2) is 4.98 Å². The number of hydrogen-bond acceptors (Lipinski definition) is 4. The lowest BCUT2D eigenvalue weighted by Crippen LogP contribution is -1.95. The van der Waals surface area contributed by atoms with Gasteiger partial charge in [0.15, 0.2) is 0 Å². The van der Waals surface area contributed by atoms with E-state index in [0.29, 0.717) is 6.61 Å². The highest BCUT2D eigenvalue weighted by Crippen LogP contribution is 2.21. The molecule has 0 amide bonds. The molecule has 90 valence electrons. The summed E-state index contributed by atoms with van der Waals surface area (Å²) in [4.78, 5) is 5.39. The summed E-state index contributed by atoms with van der Waals surface area (Å²) in [5, 5.41) is 10.1. The van der Waals surface area contributed by atoms with Crippen LogP contribution in [0.1, 0.15) is 22.5 Å². The van der Waals surface area contributed by atoms with Gasteiger partial charge in [0.25, 0.3) is 0 Å². The molecule has 0 saturated carbocycles. The molecule has 0 bridgehead atoms. The van der Waals surface area contributed by atoms with Gasteiger partial charge in [-0.15, -0.1) is 11.3 Å². The Bertz CT molecular complexity index is 446. The number of aliphatic hydroxyl groups is 1. The number of nitrogens with zero attached hydrogens (tertiary/aromatic N) is 1. The zero-order valence-corrected chi connectivity index (χ0v) is 10.5. The molecule has 3 nitrogen and oxygen atoms in total. The molecule has 0 aliphatic carbocycles. The van der Waals surface area contributed by atoms with E-state index in [1.54, 1.807) is 0 Å². The third-order valence-corrected chi connectivity index (χ3v) is 3.46. The number of benzene rings is 1. The molecule has 0 saturated heterocycles. The Kier molecular flexibility index (Phi) is 4.12. The number of rotatable bonds is 5. The molecule has 1 aromatic carbocycles. The molecular formula is C13H15NO2S. The molecule has 2 aromatic rings. The van der Waals surface area contributed by atoms with Gasteiger partial charge in [0, 0.05) is 0 Å². The van der Waals surface area contributed by atoms with Gasteiger partial charge in [-0.3, -0.25) is 0 Å². The third kappa shape index (κ3) is 3.05. The van der Waals surface area contributed by atoms with Crippen molar-refractivity contribution in [2.24, 2.45) is 0 Å². The molecule has 0 aliphatic heterocycles. The van der Waals surface area contributed by atoms with Crippen molar-refractivity contribution in [1.82, 2.24) is 4.98 Å². The molecule has 1 aromatic heterocycles. The van der Waals surface area contributed by atoms with Crippen LogP contribution in [0.2, 0.25) is 0 Å². The van der Waals surface area contributed by atoms with E-state index in [2.05, 4.69) is 4.98 Å². The van der Waals surface area contributed by atoms with Crippen LogP contribution in [0.15, 0.2) is 30.3 Å². The number of ether oxygens (including phenoxy) is 1. The van der Waals surface area contributed by atoms with Crippen LogP contribution in [-0.2, 0) is 19.6 Å². The summed E-state index contributed by atoms with van der Waals surface area (Å²) in [6, 6.07) is 9.67. The van der Waals surface area contributed by atoms with E-state index in [1.807, 2.05) is 37.3 Å². The Morgan fingerprint density at radius 1 is 1.29 bits per heavy atom. The Hall–Kier alpha value is -1.39. The number of aryl methyl sites for hydroxylation is 1. The highest BCUT2D eigenvalue weighted by Gasteiger charge is 2.09. The van der Waals surface area contributed by atoms with Gasteiger partial charge in [-0.2, -0.15) is 0 Å². The number of thiazole rings is 1. The van der Waals surface area contributed by atoms with Crippen LogP contribution in [0.5, 0.6) is 5.75 Å². The van der Waals surface area contributed by atoms with Crippen LogP contribution in [0.4, 0.5) is 0 Å². The molecule has 1 heterocycles. The van der Waals surface area contributed by atoms with E-state index in [9.17, 15) is 5.11 Å². The fourth-order valence-corrected chi connectivity index (χ4v) is 2.49. The summed E-state index contributed by atoms with van der Waals surface area (Å²) >= 11 is 1.52. The molecule has 1 N–H and O–H groups in total. The van der Waals surface area contributed by atoms with Gasteiger partial charge in [-0.1, -0.05) is 25.1 Å². The molecule has 0 radical (unpaired) electrons. The van der Waals surface area contributed by atoms with Crippen molar-refractivity contribution in [2.75, 3.05) is 0 Å². The Morgan fingerprint density at radius 3 is 2.65 bits per heavy atom. The third-order valence-electron chi connectivity index (χ3n) is 2.41. The van der Waals surface area contributed by atoms with Crippen LogP contribution >= 0.6 is 11.3 Å². The molecule has 0 fully saturated rings. The summed E-state index contributed by atoms with van der Waals surface area (Å²) in [6.45, 7) is 2.56. The predicted molar refractivity (Wildman–Crippen MR) is 68.2 cm³/mol. The highest BCUT2D eigenvalue weighted by molar-refractivity contribution is 7.11. The molecule has 17 heavy (non-hydrogen) atoms. The van der Waals surface area contributed by atoms with Crippen LogP contribution in [0, 0.1) is 0 Å². The van der Waals surface area contributed by atoms with Crippen molar-refractivity contribution in [1.29, 1.82) is 0 Å². The van der Waals surface area contributed by atoms with Gasteiger partial charge in [0.05, 0.1) is 17.2 Å². The van der Waals surface area contributed by atoms with Crippen LogP contribution in [-0.4, -0.2) is 10.1 Å². The summed E-state index contributed by atoms with van der Waals surface area (Å²) in [6.07, 6.45) is 0.845. The average molecular weight is 249 g/mol. The number of para-hydroxylation sites is 1. The smallest absolute Gasteiger partial charge is 0.140 e. The van der Waals surface area contributed by atoms with E-state index in [4.69, 9.17) is 4.74 Å². The van der Waals surface area contributed by atoms with E-state index in [0.717, 1.165) is 27.7 Å². The predicted octanol–water partition coefficient (Wildman–Crippen LogP) is 2.78. The molecular weight excluding hydrogens is 234 g/mol. The first-order valence-corrected chi connectivity index (χ1v) is 6.41. The second-order valence-electron chi connectivity index (χ2n) is 3.59. The first-order valence-electron chi connectivity index (χ1n) is 5.59. The second kappa shape index (κ2) is 5.80. The van der Waals surface area contributed by atoms with Gasteiger partial charge < -0.3 is 9.84 Å². The van der Waals surface area contributed by atoms with Crippen molar-refractivity contribution in [3.05, 3.63) is 45.9 Å². The minimum atomic E-state index is 0.0617. The van der Waals surface area contributed by atoms with Crippen molar-refractivity contribution >= 4 is 11.3 Å². The van der Waals surface area contributed by atoms with Crippen LogP contribution in [0.25, 0.3) is 0 Å². The normalized spacial score (nSPS) is 10.5.